The number of carbonyl (C=O) groups is 2. The first-order valence-corrected chi connectivity index (χ1v) is 13.6. The molecule has 0 aliphatic carbocycles. The number of carbonyl (C=O) groups excluding carboxylic acids is 2. The smallest absolute Gasteiger partial charge is 0.264 e. The lowest BCUT2D eigenvalue weighted by Gasteiger charge is -2.26. The van der Waals surface area contributed by atoms with Crippen LogP contribution < -0.4 is 14.4 Å². The van der Waals surface area contributed by atoms with Crippen LogP contribution in [0.2, 0.25) is 0 Å². The number of nitrogens with one attached hydrogen (secondary N) is 1. The molecule has 0 spiro atoms. The zero-order valence-electron chi connectivity index (χ0n) is 21.0. The number of hydrogen-bond donors (Lipinski definition) is 1. The van der Waals surface area contributed by atoms with Crippen LogP contribution in [-0.2, 0) is 32.7 Å². The quantitative estimate of drug-likeness (QED) is 0.440. The number of likely N-dealkylation sites (tertiary alicyclic amines) is 1. The lowest BCUT2D eigenvalue weighted by molar-refractivity contribution is -0.128. The normalized spacial score (nSPS) is 13.5. The first-order chi connectivity index (χ1) is 17.8. The second-order valence-electron chi connectivity index (χ2n) is 9.02. The predicted octanol–water partition coefficient (Wildman–Crippen LogP) is 3.64. The molecule has 0 saturated carbocycles. The largest absolute Gasteiger partial charge is 0.495 e. The molecule has 2 amide bonds. The molecule has 8 nitrogen and oxygen atoms in total. The van der Waals surface area contributed by atoms with Gasteiger partial charge in [-0.3, -0.25) is 13.9 Å². The van der Waals surface area contributed by atoms with Crippen LogP contribution in [-0.4, -0.2) is 45.3 Å². The van der Waals surface area contributed by atoms with E-state index in [1.54, 1.807) is 30.3 Å². The number of benzene rings is 3. The Morgan fingerprint density at radius 3 is 2.49 bits per heavy atom. The van der Waals surface area contributed by atoms with Crippen molar-refractivity contribution in [2.45, 2.75) is 37.8 Å². The molecule has 4 rings (SSSR count). The summed E-state index contributed by atoms with van der Waals surface area (Å²) < 4.78 is 33.7. The van der Waals surface area contributed by atoms with Crippen molar-refractivity contribution in [1.82, 2.24) is 10.2 Å². The Hall–Kier alpha value is -3.85. The van der Waals surface area contributed by atoms with Gasteiger partial charge in [-0.1, -0.05) is 48.5 Å². The SMILES string of the molecule is COc1ccc(C)cc1N(CC(=O)NCc1cccc(CN2CCCC2=O)c1)S(=O)(=O)c1ccccc1. The van der Waals surface area contributed by atoms with Crippen LogP contribution in [0.25, 0.3) is 0 Å². The molecule has 0 radical (unpaired) electrons. The fraction of sp³-hybridized carbons (Fsp3) is 0.286. The summed E-state index contributed by atoms with van der Waals surface area (Å²) in [6.45, 7) is 2.95. The summed E-state index contributed by atoms with van der Waals surface area (Å²) in [6.07, 6.45) is 1.46. The molecular formula is C28H31N3O5S. The maximum Gasteiger partial charge on any atom is 0.264 e. The van der Waals surface area contributed by atoms with Gasteiger partial charge in [-0.25, -0.2) is 8.42 Å². The van der Waals surface area contributed by atoms with Gasteiger partial charge in [0.1, 0.15) is 12.3 Å². The Morgan fingerprint density at radius 2 is 1.78 bits per heavy atom. The van der Waals surface area contributed by atoms with Gasteiger partial charge in [-0.15, -0.1) is 0 Å². The maximum absolute atomic E-state index is 13.6. The van der Waals surface area contributed by atoms with Gasteiger partial charge in [0, 0.05) is 26.1 Å². The highest BCUT2D eigenvalue weighted by atomic mass is 32.2. The lowest BCUT2D eigenvalue weighted by Crippen LogP contribution is -2.41. The number of aryl methyl sites for hydroxylation is 1. The minimum absolute atomic E-state index is 0.0792. The third-order valence-electron chi connectivity index (χ3n) is 6.25. The van der Waals surface area contributed by atoms with Crippen molar-refractivity contribution in [2.24, 2.45) is 0 Å². The van der Waals surface area contributed by atoms with Crippen LogP contribution in [0, 0.1) is 6.92 Å². The van der Waals surface area contributed by atoms with E-state index in [0.717, 1.165) is 34.0 Å². The van der Waals surface area contributed by atoms with Crippen molar-refractivity contribution in [2.75, 3.05) is 24.5 Å². The summed E-state index contributed by atoms with van der Waals surface area (Å²) in [5.41, 5.74) is 2.97. The van der Waals surface area contributed by atoms with Gasteiger partial charge in [0.2, 0.25) is 11.8 Å². The Morgan fingerprint density at radius 1 is 1.03 bits per heavy atom. The second-order valence-corrected chi connectivity index (χ2v) is 10.9. The highest BCUT2D eigenvalue weighted by molar-refractivity contribution is 7.92. The molecule has 1 aliphatic heterocycles. The van der Waals surface area contributed by atoms with Crippen molar-refractivity contribution in [3.05, 3.63) is 89.5 Å². The zero-order valence-corrected chi connectivity index (χ0v) is 21.8. The Labute approximate surface area is 217 Å². The van der Waals surface area contributed by atoms with Gasteiger partial charge in [0.15, 0.2) is 0 Å². The average molecular weight is 522 g/mol. The number of rotatable bonds is 10. The maximum atomic E-state index is 13.6. The summed E-state index contributed by atoms with van der Waals surface area (Å²) in [5, 5.41) is 2.84. The lowest BCUT2D eigenvalue weighted by atomic mass is 10.1. The molecule has 9 heteroatoms. The van der Waals surface area contributed by atoms with Crippen LogP contribution >= 0.6 is 0 Å². The van der Waals surface area contributed by atoms with Gasteiger partial charge in [0.25, 0.3) is 10.0 Å². The molecule has 3 aromatic rings. The monoisotopic (exact) mass is 521 g/mol. The van der Waals surface area contributed by atoms with Crippen molar-refractivity contribution in [3.8, 4) is 5.75 Å². The number of ether oxygens (including phenoxy) is 1. The van der Waals surface area contributed by atoms with Gasteiger partial charge >= 0.3 is 0 Å². The molecule has 0 aromatic heterocycles. The van der Waals surface area contributed by atoms with Crippen molar-refractivity contribution in [1.29, 1.82) is 0 Å². The molecule has 0 atom stereocenters. The van der Waals surface area contributed by atoms with E-state index in [9.17, 15) is 18.0 Å². The van der Waals surface area contributed by atoms with E-state index in [1.165, 1.54) is 19.2 Å². The van der Waals surface area contributed by atoms with E-state index in [1.807, 2.05) is 42.2 Å². The molecule has 0 bridgehead atoms. The van der Waals surface area contributed by atoms with E-state index in [2.05, 4.69) is 5.32 Å². The van der Waals surface area contributed by atoms with Crippen molar-refractivity contribution < 1.29 is 22.7 Å². The molecule has 1 N–H and O–H groups in total. The van der Waals surface area contributed by atoms with Gasteiger partial charge < -0.3 is 15.0 Å². The molecule has 3 aromatic carbocycles. The van der Waals surface area contributed by atoms with Crippen molar-refractivity contribution >= 4 is 27.5 Å². The number of hydrogen-bond acceptors (Lipinski definition) is 5. The Bertz CT molecular complexity index is 1380. The standard InChI is InChI=1S/C28H31N3O5S/c1-21-13-14-26(36-2)25(16-21)31(37(34,35)24-10-4-3-5-11-24)20-27(32)29-18-22-8-6-9-23(17-22)19-30-15-7-12-28(30)33/h3-6,8-11,13-14,16-17H,7,12,15,18-20H2,1-2H3,(H,29,32). The van der Waals surface area contributed by atoms with Crippen LogP contribution in [0.3, 0.4) is 0 Å². The zero-order chi connectivity index (χ0) is 26.4. The second kappa shape index (κ2) is 11.5. The third-order valence-corrected chi connectivity index (χ3v) is 8.02. The summed E-state index contributed by atoms with van der Waals surface area (Å²) >= 11 is 0. The Balaban J connectivity index is 1.52. The third kappa shape index (κ3) is 6.29. The first kappa shape index (κ1) is 26.2. The minimum Gasteiger partial charge on any atom is -0.495 e. The van der Waals surface area contributed by atoms with Gasteiger partial charge in [-0.2, -0.15) is 0 Å². The van der Waals surface area contributed by atoms with E-state index in [0.29, 0.717) is 24.4 Å². The average Bonchev–Trinajstić information content (AvgIpc) is 3.30. The molecular weight excluding hydrogens is 490 g/mol. The number of methoxy groups -OCH3 is 1. The molecule has 37 heavy (non-hydrogen) atoms. The molecule has 1 heterocycles. The minimum atomic E-state index is -4.05. The summed E-state index contributed by atoms with van der Waals surface area (Å²) in [6, 6.07) is 20.9. The fourth-order valence-corrected chi connectivity index (χ4v) is 5.78. The number of sulfonamides is 1. The molecule has 0 unspecified atom stereocenters. The van der Waals surface area contributed by atoms with E-state index in [-0.39, 0.29) is 17.3 Å². The molecule has 1 fully saturated rings. The van der Waals surface area contributed by atoms with Gasteiger partial charge in [0.05, 0.1) is 17.7 Å². The van der Waals surface area contributed by atoms with Crippen LogP contribution in [0.5, 0.6) is 5.75 Å². The summed E-state index contributed by atoms with van der Waals surface area (Å²) in [5.74, 6) is 0.0512. The van der Waals surface area contributed by atoms with E-state index in [4.69, 9.17) is 4.74 Å². The number of amides is 2. The predicted molar refractivity (Wildman–Crippen MR) is 142 cm³/mol. The van der Waals surface area contributed by atoms with Gasteiger partial charge in [-0.05, 0) is 54.3 Å². The number of nitrogens with zero attached hydrogens (tertiary/aromatic N) is 2. The number of anilines is 1. The highest BCUT2D eigenvalue weighted by Gasteiger charge is 2.29. The Kier molecular flexibility index (Phi) is 8.13. The molecule has 1 aliphatic rings. The summed E-state index contributed by atoms with van der Waals surface area (Å²) in [4.78, 5) is 26.9. The summed E-state index contributed by atoms with van der Waals surface area (Å²) in [7, 11) is -2.59. The van der Waals surface area contributed by atoms with E-state index >= 15 is 0 Å². The van der Waals surface area contributed by atoms with E-state index < -0.39 is 22.5 Å². The molecule has 1 saturated heterocycles. The highest BCUT2D eigenvalue weighted by Crippen LogP contribution is 2.33. The fourth-order valence-electron chi connectivity index (χ4n) is 4.33. The first-order valence-electron chi connectivity index (χ1n) is 12.1. The van der Waals surface area contributed by atoms with Crippen LogP contribution in [0.1, 0.15) is 29.5 Å². The van der Waals surface area contributed by atoms with Crippen molar-refractivity contribution in [3.63, 3.8) is 0 Å². The van der Waals surface area contributed by atoms with Crippen LogP contribution in [0.4, 0.5) is 5.69 Å². The topological polar surface area (TPSA) is 96.0 Å². The molecule has 194 valence electrons. The van der Waals surface area contributed by atoms with Crippen LogP contribution in [0.15, 0.2) is 77.7 Å².